The third-order valence-corrected chi connectivity index (χ3v) is 7.45. The lowest BCUT2D eigenvalue weighted by Crippen LogP contribution is -2.52. The highest BCUT2D eigenvalue weighted by Crippen LogP contribution is 2.18. The molecule has 3 rings (SSSR count). The van der Waals surface area contributed by atoms with E-state index in [-0.39, 0.29) is 56.0 Å². The number of aliphatic hydroxyl groups is 2. The van der Waals surface area contributed by atoms with Crippen LogP contribution < -0.4 is 5.32 Å². The average molecular weight is 588 g/mol. The quantitative estimate of drug-likeness (QED) is 0.469. The van der Waals surface area contributed by atoms with Crippen LogP contribution in [0.1, 0.15) is 56.3 Å². The van der Waals surface area contributed by atoms with E-state index >= 15 is 0 Å². The van der Waals surface area contributed by atoms with Crippen LogP contribution in [-0.2, 0) is 14.3 Å². The van der Waals surface area contributed by atoms with Crippen molar-refractivity contribution in [1.29, 1.82) is 0 Å². The van der Waals surface area contributed by atoms with Gasteiger partial charge in [-0.05, 0) is 56.7 Å². The normalized spacial score (nSPS) is 25.6. The fraction of sp³-hybridized carbons (Fsp3) is 0.724. The highest BCUT2D eigenvalue weighted by Gasteiger charge is 2.33. The van der Waals surface area contributed by atoms with E-state index in [1.807, 2.05) is 0 Å². The summed E-state index contributed by atoms with van der Waals surface area (Å²) in [7, 11) is 0. The zero-order valence-corrected chi connectivity index (χ0v) is 24.6. The molecule has 1 aromatic rings. The summed E-state index contributed by atoms with van der Waals surface area (Å²) in [5, 5.41) is 24.9. The lowest BCUT2D eigenvalue weighted by Gasteiger charge is -2.35. The van der Waals surface area contributed by atoms with Crippen molar-refractivity contribution in [2.24, 2.45) is 11.8 Å². The van der Waals surface area contributed by atoms with Gasteiger partial charge in [0.25, 0.3) is 5.91 Å². The van der Waals surface area contributed by atoms with Crippen LogP contribution in [0.5, 0.6) is 0 Å². The fourth-order valence-corrected chi connectivity index (χ4v) is 4.96. The summed E-state index contributed by atoms with van der Waals surface area (Å²) in [6, 6.07) is 5.77. The molecule has 0 radical (unpaired) electrons. The van der Waals surface area contributed by atoms with Crippen LogP contribution >= 0.6 is 12.4 Å². The maximum Gasteiger partial charge on any atom is 0.256 e. The summed E-state index contributed by atoms with van der Waals surface area (Å²) in [6.07, 6.45) is 0.419. The van der Waals surface area contributed by atoms with E-state index in [1.54, 1.807) is 11.0 Å². The molecule has 0 aromatic heterocycles. The molecule has 2 aliphatic heterocycles. The zero-order valence-electron chi connectivity index (χ0n) is 23.8. The average Bonchev–Trinajstić information content (AvgIpc) is 2.93. The molecular formula is C29H47ClFN3O6. The molecule has 228 valence electrons. The first-order valence-electron chi connectivity index (χ1n) is 14.4. The predicted octanol–water partition coefficient (Wildman–Crippen LogP) is 2.48. The van der Waals surface area contributed by atoms with Gasteiger partial charge in [0.2, 0.25) is 5.91 Å². The van der Waals surface area contributed by atoms with E-state index < -0.39 is 30.0 Å². The van der Waals surface area contributed by atoms with E-state index in [0.717, 1.165) is 25.8 Å². The van der Waals surface area contributed by atoms with Crippen molar-refractivity contribution in [3.8, 4) is 0 Å². The largest absolute Gasteiger partial charge is 0.388 e. The Morgan fingerprint density at radius 1 is 1.12 bits per heavy atom. The van der Waals surface area contributed by atoms with Gasteiger partial charge in [-0.3, -0.25) is 9.59 Å². The Kier molecular flexibility index (Phi) is 15.4. The number of nitrogens with one attached hydrogen (secondary N) is 1. The molecule has 1 aromatic carbocycles. The van der Waals surface area contributed by atoms with E-state index in [2.05, 4.69) is 19.2 Å². The van der Waals surface area contributed by atoms with Crippen molar-refractivity contribution in [3.05, 3.63) is 35.6 Å². The molecule has 40 heavy (non-hydrogen) atoms. The molecule has 0 bridgehead atoms. The number of hydrogen-bond donors (Lipinski definition) is 3. The lowest BCUT2D eigenvalue weighted by molar-refractivity contribution is -0.137. The Labute approximate surface area is 243 Å². The van der Waals surface area contributed by atoms with Crippen molar-refractivity contribution < 1.29 is 33.7 Å². The van der Waals surface area contributed by atoms with Crippen molar-refractivity contribution >= 4 is 24.2 Å². The van der Waals surface area contributed by atoms with Gasteiger partial charge in [-0.25, -0.2) is 4.39 Å². The number of hydrogen-bond acceptors (Lipinski definition) is 7. The summed E-state index contributed by atoms with van der Waals surface area (Å²) in [5.74, 6) is -0.905. The third-order valence-electron chi connectivity index (χ3n) is 7.45. The number of piperidine rings is 1. The first-order chi connectivity index (χ1) is 18.8. The van der Waals surface area contributed by atoms with Crippen molar-refractivity contribution in [1.82, 2.24) is 15.1 Å². The van der Waals surface area contributed by atoms with E-state index in [0.29, 0.717) is 45.1 Å². The lowest BCUT2D eigenvalue weighted by atomic mass is 9.98. The molecular weight excluding hydrogens is 541 g/mol. The first kappa shape index (κ1) is 34.4. The number of carbonyl (C=O) groups is 2. The van der Waals surface area contributed by atoms with Crippen LogP contribution in [0.3, 0.4) is 0 Å². The summed E-state index contributed by atoms with van der Waals surface area (Å²) in [6.45, 7) is 7.14. The number of rotatable bonds is 6. The van der Waals surface area contributed by atoms with Crippen LogP contribution in [0.15, 0.2) is 24.3 Å². The molecule has 4 atom stereocenters. The highest BCUT2D eigenvalue weighted by atomic mass is 35.5. The number of ether oxygens (including phenoxy) is 2. The van der Waals surface area contributed by atoms with Crippen LogP contribution in [0.25, 0.3) is 0 Å². The van der Waals surface area contributed by atoms with E-state index in [4.69, 9.17) is 9.47 Å². The van der Waals surface area contributed by atoms with Crippen molar-refractivity contribution in [3.63, 3.8) is 0 Å². The summed E-state index contributed by atoms with van der Waals surface area (Å²) >= 11 is 0. The summed E-state index contributed by atoms with van der Waals surface area (Å²) in [4.78, 5) is 30.3. The molecule has 2 heterocycles. The van der Waals surface area contributed by atoms with Gasteiger partial charge in [0.05, 0.1) is 18.1 Å². The molecule has 0 aliphatic carbocycles. The maximum atomic E-state index is 14.7. The molecule has 0 unspecified atom stereocenters. The third kappa shape index (κ3) is 10.5. The second kappa shape index (κ2) is 17.9. The Bertz CT molecular complexity index is 904. The summed E-state index contributed by atoms with van der Waals surface area (Å²) < 4.78 is 26.3. The van der Waals surface area contributed by atoms with Crippen LogP contribution in [0, 0.1) is 17.7 Å². The van der Waals surface area contributed by atoms with Gasteiger partial charge in [0.1, 0.15) is 24.1 Å². The fourth-order valence-electron chi connectivity index (χ4n) is 4.96. The molecule has 2 fully saturated rings. The van der Waals surface area contributed by atoms with Crippen LogP contribution in [0.2, 0.25) is 0 Å². The molecule has 0 spiro atoms. The topological polar surface area (TPSA) is 112 Å². The molecule has 11 heteroatoms. The van der Waals surface area contributed by atoms with Gasteiger partial charge in [0.15, 0.2) is 0 Å². The second-order valence-electron chi connectivity index (χ2n) is 11.0. The number of carbonyl (C=O) groups excluding carboxylic acids is 2. The van der Waals surface area contributed by atoms with Gasteiger partial charge < -0.3 is 34.8 Å². The van der Waals surface area contributed by atoms with Gasteiger partial charge in [0, 0.05) is 45.9 Å². The molecule has 2 amide bonds. The van der Waals surface area contributed by atoms with Crippen LogP contribution in [-0.4, -0.2) is 109 Å². The molecule has 2 aliphatic rings. The Morgan fingerprint density at radius 2 is 1.88 bits per heavy atom. The Balaban J connectivity index is 0.00000560. The van der Waals surface area contributed by atoms with Gasteiger partial charge in [-0.1, -0.05) is 26.0 Å². The van der Waals surface area contributed by atoms with Crippen molar-refractivity contribution in [2.75, 3.05) is 59.1 Å². The maximum absolute atomic E-state index is 14.7. The SMILES string of the molecule is CC(C)CCO[C@@H]1CN(C(=O)c2ccccc2F)CCN(C(=O)[C@H]2CCCNC2)CCCCOC[C@@H](O)[C@H]1O.Cl. The minimum Gasteiger partial charge on any atom is -0.388 e. The van der Waals surface area contributed by atoms with Gasteiger partial charge >= 0.3 is 0 Å². The highest BCUT2D eigenvalue weighted by molar-refractivity contribution is 5.94. The molecule has 0 saturated carbocycles. The monoisotopic (exact) mass is 587 g/mol. The Hall–Kier alpha value is -1.82. The molecule has 3 N–H and O–H groups in total. The zero-order chi connectivity index (χ0) is 28.2. The summed E-state index contributed by atoms with van der Waals surface area (Å²) in [5.41, 5.74) is -0.0905. The number of benzene rings is 1. The first-order valence-corrected chi connectivity index (χ1v) is 14.4. The van der Waals surface area contributed by atoms with E-state index in [1.165, 1.54) is 23.1 Å². The van der Waals surface area contributed by atoms with Crippen LogP contribution in [0.4, 0.5) is 4.39 Å². The van der Waals surface area contributed by atoms with Gasteiger partial charge in [-0.2, -0.15) is 0 Å². The molecule has 9 nitrogen and oxygen atoms in total. The standard InChI is InChI=1S/C29H46FN3O6.ClH/c1-21(2)11-17-39-26-19-33(29(37)23-9-3-4-10-24(23)30)15-14-32(28(36)22-8-7-12-31-18-22)13-5-6-16-38-20-25(34)27(26)35;/h3-4,9-10,21-22,25-27,31,34-35H,5-8,11-20H2,1-2H3;1H/t22-,25+,26+,27+;/m0./s1. The number of halogens is 2. The predicted molar refractivity (Wildman–Crippen MR) is 153 cm³/mol. The number of amides is 2. The minimum atomic E-state index is -1.32. The van der Waals surface area contributed by atoms with Gasteiger partial charge in [-0.15, -0.1) is 12.4 Å². The smallest absolute Gasteiger partial charge is 0.256 e. The number of nitrogens with zero attached hydrogens (tertiary/aromatic N) is 2. The number of aliphatic hydroxyl groups excluding tert-OH is 2. The molecule has 2 saturated heterocycles. The minimum absolute atomic E-state index is 0. The van der Waals surface area contributed by atoms with Crippen molar-refractivity contribution in [2.45, 2.75) is 64.3 Å². The Morgan fingerprint density at radius 3 is 2.58 bits per heavy atom. The van der Waals surface area contributed by atoms with E-state index in [9.17, 15) is 24.2 Å². The second-order valence-corrected chi connectivity index (χ2v) is 11.0.